The molecular formula is C25H30N2O6. The fourth-order valence-electron chi connectivity index (χ4n) is 4.79. The van der Waals surface area contributed by atoms with Crippen molar-refractivity contribution in [3.05, 3.63) is 53.1 Å². The van der Waals surface area contributed by atoms with Gasteiger partial charge in [-0.05, 0) is 55.9 Å². The number of carbonyl (C=O) groups excluding carboxylic acids is 2. The van der Waals surface area contributed by atoms with E-state index in [1.54, 1.807) is 20.8 Å². The number of amides is 2. The molecule has 1 heterocycles. The quantitative estimate of drug-likeness (QED) is 0.710. The van der Waals surface area contributed by atoms with E-state index < -0.39 is 35.8 Å². The zero-order valence-electron chi connectivity index (χ0n) is 19.2. The van der Waals surface area contributed by atoms with Gasteiger partial charge < -0.3 is 19.9 Å². The number of fused-ring (bicyclic) bond motifs is 2. The van der Waals surface area contributed by atoms with Gasteiger partial charge in [-0.15, -0.1) is 0 Å². The molecule has 1 unspecified atom stereocenters. The minimum atomic E-state index is -1.13. The van der Waals surface area contributed by atoms with Gasteiger partial charge in [0.15, 0.2) is 0 Å². The Balaban J connectivity index is 1.37. The van der Waals surface area contributed by atoms with Crippen molar-refractivity contribution in [1.82, 2.24) is 10.2 Å². The smallest absolute Gasteiger partial charge is 0.411 e. The highest BCUT2D eigenvalue weighted by Gasteiger charge is 2.42. The van der Waals surface area contributed by atoms with E-state index >= 15 is 0 Å². The zero-order chi connectivity index (χ0) is 23.8. The van der Waals surface area contributed by atoms with Crippen molar-refractivity contribution in [3.63, 3.8) is 0 Å². The lowest BCUT2D eigenvalue weighted by atomic mass is 9.93. The Hall–Kier alpha value is -3.29. The van der Waals surface area contributed by atoms with Crippen molar-refractivity contribution < 1.29 is 29.0 Å². The molecular weight excluding hydrogens is 424 g/mol. The van der Waals surface area contributed by atoms with Crippen LogP contribution in [0.25, 0.3) is 5.57 Å². The van der Waals surface area contributed by atoms with E-state index in [1.807, 2.05) is 12.1 Å². The maximum atomic E-state index is 12.6. The highest BCUT2D eigenvalue weighted by atomic mass is 16.6. The predicted octanol–water partition coefficient (Wildman–Crippen LogP) is 4.08. The van der Waals surface area contributed by atoms with E-state index in [-0.39, 0.29) is 25.5 Å². The Morgan fingerprint density at radius 1 is 1.21 bits per heavy atom. The number of hydrogen-bond donors (Lipinski definition) is 2. The molecule has 1 fully saturated rings. The molecule has 1 aliphatic heterocycles. The van der Waals surface area contributed by atoms with Gasteiger partial charge >= 0.3 is 18.2 Å². The molecule has 0 bridgehead atoms. The summed E-state index contributed by atoms with van der Waals surface area (Å²) in [6.45, 7) is 5.39. The first-order valence-corrected chi connectivity index (χ1v) is 11.3. The second-order valence-electron chi connectivity index (χ2n) is 9.68. The summed E-state index contributed by atoms with van der Waals surface area (Å²) in [5, 5.41) is 12.3. The van der Waals surface area contributed by atoms with Gasteiger partial charge in [0.2, 0.25) is 0 Å². The van der Waals surface area contributed by atoms with Crippen LogP contribution in [0.5, 0.6) is 0 Å². The Kier molecular flexibility index (Phi) is 6.19. The molecule has 2 aliphatic carbocycles. The number of carboxylic acid groups (broad SMARTS) is 1. The van der Waals surface area contributed by atoms with Crippen LogP contribution >= 0.6 is 0 Å². The summed E-state index contributed by atoms with van der Waals surface area (Å²) in [7, 11) is 0. The van der Waals surface area contributed by atoms with Crippen LogP contribution in [0.15, 0.2) is 42.0 Å². The number of rotatable bonds is 4. The van der Waals surface area contributed by atoms with Gasteiger partial charge in [0.05, 0.1) is 6.04 Å². The molecule has 1 saturated heterocycles. The number of carboxylic acids is 1. The van der Waals surface area contributed by atoms with Gasteiger partial charge in [-0.2, -0.15) is 0 Å². The monoisotopic (exact) mass is 454 g/mol. The van der Waals surface area contributed by atoms with Gasteiger partial charge in [-0.25, -0.2) is 14.4 Å². The number of hydrogen-bond acceptors (Lipinski definition) is 5. The maximum absolute atomic E-state index is 12.6. The first kappa shape index (κ1) is 22.9. The normalized spacial score (nSPS) is 23.7. The molecule has 2 N–H and O–H groups in total. The van der Waals surface area contributed by atoms with Crippen LogP contribution < -0.4 is 5.32 Å². The third-order valence-electron chi connectivity index (χ3n) is 6.16. The predicted molar refractivity (Wildman–Crippen MR) is 122 cm³/mol. The molecule has 1 aromatic rings. The van der Waals surface area contributed by atoms with E-state index in [1.165, 1.54) is 16.7 Å². The highest BCUT2D eigenvalue weighted by molar-refractivity contribution is 5.82. The van der Waals surface area contributed by atoms with E-state index in [4.69, 9.17) is 9.47 Å². The van der Waals surface area contributed by atoms with Crippen LogP contribution in [-0.4, -0.2) is 59.0 Å². The number of carbonyl (C=O) groups is 3. The third kappa shape index (κ3) is 4.89. The minimum Gasteiger partial charge on any atom is -0.480 e. The van der Waals surface area contributed by atoms with Crippen LogP contribution in [0.3, 0.4) is 0 Å². The number of nitrogens with one attached hydrogen (secondary N) is 1. The Labute approximate surface area is 193 Å². The molecule has 8 heteroatoms. The molecule has 2 amide bonds. The number of allylic oxidation sites excluding steroid dienone is 3. The molecule has 0 saturated carbocycles. The van der Waals surface area contributed by atoms with E-state index in [9.17, 15) is 19.5 Å². The van der Waals surface area contributed by atoms with E-state index in [0.29, 0.717) is 0 Å². The summed E-state index contributed by atoms with van der Waals surface area (Å²) in [6, 6.07) is 6.59. The van der Waals surface area contributed by atoms with E-state index in [2.05, 4.69) is 29.6 Å². The summed E-state index contributed by atoms with van der Waals surface area (Å²) in [5.74, 6) is -1.16. The first-order valence-electron chi connectivity index (χ1n) is 11.3. The van der Waals surface area contributed by atoms with Crippen molar-refractivity contribution in [2.45, 2.75) is 63.6 Å². The fraction of sp³-hybridized carbons (Fsp3) is 0.480. The van der Waals surface area contributed by atoms with Crippen molar-refractivity contribution in [2.24, 2.45) is 0 Å². The second-order valence-corrected chi connectivity index (χ2v) is 9.68. The van der Waals surface area contributed by atoms with Gasteiger partial charge in [-0.3, -0.25) is 4.90 Å². The molecule has 1 aromatic carbocycles. The Bertz CT molecular complexity index is 1020. The standard InChI is InChI=1S/C25H30N2O6/c1-25(2,3)33-24(31)27-13-15(12-21(27)22(28)29)26-23(30)32-14-20-18-10-6-4-8-16(18)17-9-5-7-11-19(17)20/h4,6-8,10-11,15,20-21H,5,9,12-14H2,1-3H3,(H,26,30)(H,28,29)/t15-,20?,21+/m1/s1. The van der Waals surface area contributed by atoms with Gasteiger partial charge in [0, 0.05) is 18.9 Å². The lowest BCUT2D eigenvalue weighted by molar-refractivity contribution is -0.142. The molecule has 3 aliphatic rings. The first-order chi connectivity index (χ1) is 15.6. The molecule has 33 heavy (non-hydrogen) atoms. The highest BCUT2D eigenvalue weighted by Crippen LogP contribution is 2.46. The van der Waals surface area contributed by atoms with Gasteiger partial charge in [-0.1, -0.05) is 36.4 Å². The molecule has 176 valence electrons. The molecule has 3 atom stereocenters. The minimum absolute atomic E-state index is 0.0212. The summed E-state index contributed by atoms with van der Waals surface area (Å²) in [5.41, 5.74) is 4.14. The number of likely N-dealkylation sites (tertiary alicyclic amines) is 1. The number of benzene rings is 1. The number of nitrogens with zero attached hydrogens (tertiary/aromatic N) is 1. The molecule has 4 rings (SSSR count). The average Bonchev–Trinajstić information content (AvgIpc) is 3.31. The number of aliphatic carboxylic acids is 1. The third-order valence-corrected chi connectivity index (χ3v) is 6.16. The molecule has 0 radical (unpaired) electrons. The van der Waals surface area contributed by atoms with Crippen molar-refractivity contribution in [1.29, 1.82) is 0 Å². The van der Waals surface area contributed by atoms with Gasteiger partial charge in [0.1, 0.15) is 18.2 Å². The molecule has 0 aromatic heterocycles. The fourth-order valence-corrected chi connectivity index (χ4v) is 4.79. The zero-order valence-corrected chi connectivity index (χ0v) is 19.2. The SMILES string of the molecule is CC(C)(C)OC(=O)N1C[C@H](NC(=O)OCC2C3=C(CCC=C3)c3ccccc32)C[C@H]1C(=O)O. The van der Waals surface area contributed by atoms with Gasteiger partial charge in [0.25, 0.3) is 0 Å². The summed E-state index contributed by atoms with van der Waals surface area (Å²) < 4.78 is 10.9. The molecule has 0 spiro atoms. The largest absolute Gasteiger partial charge is 0.480 e. The van der Waals surface area contributed by atoms with Crippen LogP contribution in [-0.2, 0) is 14.3 Å². The van der Waals surface area contributed by atoms with E-state index in [0.717, 1.165) is 23.3 Å². The lowest BCUT2D eigenvalue weighted by Gasteiger charge is -2.26. The van der Waals surface area contributed by atoms with Crippen molar-refractivity contribution in [3.8, 4) is 0 Å². The van der Waals surface area contributed by atoms with Crippen LogP contribution in [0.2, 0.25) is 0 Å². The molecule has 8 nitrogen and oxygen atoms in total. The summed E-state index contributed by atoms with van der Waals surface area (Å²) in [6.07, 6.45) is 5.01. The topological polar surface area (TPSA) is 105 Å². The summed E-state index contributed by atoms with van der Waals surface area (Å²) in [4.78, 5) is 37.8. The second kappa shape index (κ2) is 8.92. The Morgan fingerprint density at radius 3 is 2.70 bits per heavy atom. The maximum Gasteiger partial charge on any atom is 0.411 e. The van der Waals surface area contributed by atoms with Crippen LogP contribution in [0.4, 0.5) is 9.59 Å². The lowest BCUT2D eigenvalue weighted by Crippen LogP contribution is -2.44. The summed E-state index contributed by atoms with van der Waals surface area (Å²) >= 11 is 0. The van der Waals surface area contributed by atoms with Crippen LogP contribution in [0.1, 0.15) is 57.1 Å². The van der Waals surface area contributed by atoms with Crippen molar-refractivity contribution in [2.75, 3.05) is 13.2 Å². The number of alkyl carbamates (subject to hydrolysis) is 1. The number of ether oxygens (including phenoxy) is 2. The van der Waals surface area contributed by atoms with Crippen molar-refractivity contribution >= 4 is 23.7 Å². The van der Waals surface area contributed by atoms with Crippen LogP contribution in [0, 0.1) is 0 Å². The Morgan fingerprint density at radius 2 is 1.97 bits per heavy atom. The average molecular weight is 455 g/mol.